The Morgan fingerprint density at radius 3 is 2.73 bits per heavy atom. The maximum Gasteiger partial charge on any atom is 0.216 e. The van der Waals surface area contributed by atoms with Crippen LogP contribution < -0.4 is 5.32 Å². The minimum Gasteiger partial charge on any atom is -0.381 e. The standard InChI is InChI=1S/C25H33FN4O2S/c1-4-29-25-12-20(11-23(26)22(25)14-28-29)24-8-7-19(13-27-24)18-6-5-17-9-21(10-18)30(15-17)33(31,32)16(2)3/h7-8,11-12,14,16-18,21,27H,4-6,9-10,13,15H2,1-3H3. The monoisotopic (exact) mass is 472 g/mol. The van der Waals surface area contributed by atoms with Gasteiger partial charge in [0.1, 0.15) is 5.82 Å². The van der Waals surface area contributed by atoms with E-state index in [1.165, 1.54) is 5.57 Å². The fraction of sp³-hybridized carbons (Fsp3) is 0.560. The molecule has 1 N–H and O–H groups in total. The van der Waals surface area contributed by atoms with Crippen LogP contribution in [-0.4, -0.2) is 46.9 Å². The van der Waals surface area contributed by atoms with Crippen LogP contribution in [0.1, 0.15) is 52.0 Å². The van der Waals surface area contributed by atoms with Crippen molar-refractivity contribution in [2.24, 2.45) is 11.8 Å². The summed E-state index contributed by atoms with van der Waals surface area (Å²) in [5.74, 6) is 0.581. The number of nitrogens with one attached hydrogen (secondary N) is 1. The second kappa shape index (κ2) is 8.55. The molecule has 0 spiro atoms. The molecule has 3 aliphatic rings. The van der Waals surface area contributed by atoms with Crippen LogP contribution in [0.25, 0.3) is 16.6 Å². The minimum absolute atomic E-state index is 0.104. The van der Waals surface area contributed by atoms with E-state index in [1.54, 1.807) is 30.4 Å². The zero-order valence-electron chi connectivity index (χ0n) is 19.6. The zero-order valence-corrected chi connectivity index (χ0v) is 20.4. The number of rotatable bonds is 5. The lowest BCUT2D eigenvalue weighted by Crippen LogP contribution is -2.41. The summed E-state index contributed by atoms with van der Waals surface area (Å²) < 4.78 is 44.0. The average molecular weight is 473 g/mol. The zero-order chi connectivity index (χ0) is 23.3. The van der Waals surface area contributed by atoms with E-state index in [9.17, 15) is 12.8 Å². The molecule has 0 radical (unpaired) electrons. The third-order valence-electron chi connectivity index (χ3n) is 7.65. The molecule has 3 heterocycles. The first-order valence-electron chi connectivity index (χ1n) is 12.1. The van der Waals surface area contributed by atoms with E-state index in [0.717, 1.165) is 42.5 Å². The Bertz CT molecular complexity index is 1230. The van der Waals surface area contributed by atoms with Gasteiger partial charge in [0.2, 0.25) is 10.0 Å². The highest BCUT2D eigenvalue weighted by molar-refractivity contribution is 7.89. The minimum atomic E-state index is -3.23. The second-order valence-electron chi connectivity index (χ2n) is 9.96. The molecule has 1 aliphatic carbocycles. The summed E-state index contributed by atoms with van der Waals surface area (Å²) in [5, 5.41) is 7.94. The van der Waals surface area contributed by atoms with Crippen molar-refractivity contribution in [3.63, 3.8) is 0 Å². The summed E-state index contributed by atoms with van der Waals surface area (Å²) >= 11 is 0. The number of dihydropyridines is 1. The number of halogens is 1. The van der Waals surface area contributed by atoms with Crippen molar-refractivity contribution in [1.82, 2.24) is 19.4 Å². The largest absolute Gasteiger partial charge is 0.381 e. The Morgan fingerprint density at radius 2 is 2.03 bits per heavy atom. The molecule has 2 bridgehead atoms. The van der Waals surface area contributed by atoms with E-state index >= 15 is 0 Å². The Kier molecular flexibility index (Phi) is 5.85. The van der Waals surface area contributed by atoms with Crippen LogP contribution in [0, 0.1) is 17.7 Å². The van der Waals surface area contributed by atoms with Crippen LogP contribution in [0.3, 0.4) is 0 Å². The maximum atomic E-state index is 14.7. The van der Waals surface area contributed by atoms with Crippen LogP contribution in [0.5, 0.6) is 0 Å². The summed E-state index contributed by atoms with van der Waals surface area (Å²) in [5.41, 5.74) is 3.84. The van der Waals surface area contributed by atoms with E-state index in [-0.39, 0.29) is 17.1 Å². The fourth-order valence-corrected chi connectivity index (χ4v) is 7.28. The molecule has 3 unspecified atom stereocenters. The quantitative estimate of drug-likeness (QED) is 0.705. The summed E-state index contributed by atoms with van der Waals surface area (Å²) in [4.78, 5) is 0. The number of sulfonamides is 1. The van der Waals surface area contributed by atoms with Crippen molar-refractivity contribution in [3.05, 3.63) is 47.4 Å². The van der Waals surface area contributed by atoms with Gasteiger partial charge in [0.25, 0.3) is 0 Å². The molecule has 8 heteroatoms. The SMILES string of the molecule is CCn1ncc2c(F)cc(C3=CC=C(C4CCC5CC(C4)N(S(=O)(=O)C(C)C)C5)CN3)cc21. The first-order chi connectivity index (χ1) is 15.8. The lowest BCUT2D eigenvalue weighted by atomic mass is 9.87. The van der Waals surface area contributed by atoms with Gasteiger partial charge < -0.3 is 5.32 Å². The van der Waals surface area contributed by atoms with Gasteiger partial charge in [-0.05, 0) is 82.1 Å². The smallest absolute Gasteiger partial charge is 0.216 e. The molecule has 2 aliphatic heterocycles. The van der Waals surface area contributed by atoms with Crippen molar-refractivity contribution in [2.75, 3.05) is 13.1 Å². The third kappa shape index (κ3) is 4.01. The maximum absolute atomic E-state index is 14.7. The lowest BCUT2D eigenvalue weighted by Gasteiger charge is -2.32. The molecule has 1 aromatic heterocycles. The van der Waals surface area contributed by atoms with Gasteiger partial charge in [0, 0.05) is 36.9 Å². The molecule has 178 valence electrons. The fourth-order valence-electron chi connectivity index (χ4n) is 5.73. The molecule has 2 fully saturated rings. The molecule has 33 heavy (non-hydrogen) atoms. The van der Waals surface area contributed by atoms with Gasteiger partial charge in [0.15, 0.2) is 0 Å². The summed E-state index contributed by atoms with van der Waals surface area (Å²) in [7, 11) is -3.23. The number of hydrogen-bond acceptors (Lipinski definition) is 4. The van der Waals surface area contributed by atoms with Gasteiger partial charge in [-0.3, -0.25) is 4.68 Å². The molecular formula is C25H33FN4O2S. The van der Waals surface area contributed by atoms with E-state index in [4.69, 9.17) is 0 Å². The van der Waals surface area contributed by atoms with Crippen molar-refractivity contribution in [2.45, 2.75) is 64.3 Å². The lowest BCUT2D eigenvalue weighted by molar-refractivity contribution is 0.310. The van der Waals surface area contributed by atoms with Gasteiger partial charge >= 0.3 is 0 Å². The van der Waals surface area contributed by atoms with E-state index < -0.39 is 10.0 Å². The van der Waals surface area contributed by atoms with Gasteiger partial charge in [0.05, 0.1) is 22.3 Å². The summed E-state index contributed by atoms with van der Waals surface area (Å²) in [6.07, 6.45) is 9.82. The van der Waals surface area contributed by atoms with Crippen LogP contribution >= 0.6 is 0 Å². The van der Waals surface area contributed by atoms with E-state index in [0.29, 0.717) is 36.9 Å². The molecule has 5 rings (SSSR count). The number of hydrogen-bond donors (Lipinski definition) is 1. The highest BCUT2D eigenvalue weighted by Crippen LogP contribution is 2.41. The van der Waals surface area contributed by atoms with Gasteiger partial charge in [-0.25, -0.2) is 12.8 Å². The number of nitrogens with zero attached hydrogens (tertiary/aromatic N) is 3. The van der Waals surface area contributed by atoms with Crippen LogP contribution in [-0.2, 0) is 16.6 Å². The normalized spacial score (nSPS) is 26.3. The number of aryl methyl sites for hydroxylation is 1. The Balaban J connectivity index is 1.38. The van der Waals surface area contributed by atoms with Crippen molar-refractivity contribution >= 4 is 26.6 Å². The van der Waals surface area contributed by atoms with Crippen molar-refractivity contribution in [1.29, 1.82) is 0 Å². The van der Waals surface area contributed by atoms with Crippen LogP contribution in [0.2, 0.25) is 0 Å². The molecule has 2 aromatic rings. The average Bonchev–Trinajstić information content (AvgIpc) is 3.33. The van der Waals surface area contributed by atoms with Gasteiger partial charge in [-0.1, -0.05) is 6.08 Å². The third-order valence-corrected chi connectivity index (χ3v) is 9.94. The molecule has 0 amide bonds. The van der Waals surface area contributed by atoms with E-state index in [2.05, 4.69) is 16.5 Å². The summed E-state index contributed by atoms with van der Waals surface area (Å²) in [6, 6.07) is 3.67. The highest BCUT2D eigenvalue weighted by Gasteiger charge is 2.43. The van der Waals surface area contributed by atoms with Gasteiger partial charge in [-0.2, -0.15) is 9.40 Å². The van der Waals surface area contributed by atoms with Crippen molar-refractivity contribution in [3.8, 4) is 0 Å². The molecule has 6 nitrogen and oxygen atoms in total. The number of aromatic nitrogens is 2. The van der Waals surface area contributed by atoms with Crippen LogP contribution in [0.15, 0.2) is 36.1 Å². The second-order valence-corrected chi connectivity index (χ2v) is 12.4. The molecule has 1 aromatic carbocycles. The van der Waals surface area contributed by atoms with Crippen molar-refractivity contribution < 1.29 is 12.8 Å². The number of benzene rings is 1. The number of fused-ring (bicyclic) bond motifs is 3. The van der Waals surface area contributed by atoms with Gasteiger partial charge in [-0.15, -0.1) is 0 Å². The predicted octanol–water partition coefficient (Wildman–Crippen LogP) is 4.29. The Morgan fingerprint density at radius 1 is 1.21 bits per heavy atom. The molecule has 3 atom stereocenters. The Hall–Kier alpha value is -2.19. The first kappa shape index (κ1) is 22.6. The molecule has 1 saturated heterocycles. The topological polar surface area (TPSA) is 67.2 Å². The highest BCUT2D eigenvalue weighted by atomic mass is 32.2. The van der Waals surface area contributed by atoms with Crippen LogP contribution in [0.4, 0.5) is 4.39 Å². The molecular weight excluding hydrogens is 439 g/mol. The first-order valence-corrected chi connectivity index (χ1v) is 13.6. The van der Waals surface area contributed by atoms with E-state index in [1.807, 2.05) is 23.7 Å². The predicted molar refractivity (Wildman–Crippen MR) is 129 cm³/mol. The summed E-state index contributed by atoms with van der Waals surface area (Å²) in [6.45, 7) is 7.62. The Labute approximate surface area is 195 Å². The molecule has 1 saturated carbocycles. The number of allylic oxidation sites excluding steroid dienone is 2.